The molecule has 0 bridgehead atoms. The van der Waals surface area contributed by atoms with E-state index in [1.807, 2.05) is 31.2 Å². The van der Waals surface area contributed by atoms with Crippen LogP contribution in [0.5, 0.6) is 0 Å². The SMILES string of the molecule is C=C(Cn1c(=O)c2c(nc(Nc3ccncc3)n2C)n(C)c1=O)Nc1ccccc1C. The molecule has 3 heterocycles. The van der Waals surface area contributed by atoms with Gasteiger partial charge in [-0.1, -0.05) is 24.8 Å². The van der Waals surface area contributed by atoms with E-state index in [0.29, 0.717) is 22.8 Å². The standard InChI is InChI=1S/C22H23N7O2/c1-14-7-5-6-8-17(14)24-15(2)13-29-20(30)18-19(28(4)22(29)31)26-21(27(18)3)25-16-9-11-23-12-10-16/h5-12,24H,2,13H2,1,3-4H3,(H,23,25,26). The van der Waals surface area contributed by atoms with Gasteiger partial charge >= 0.3 is 5.69 Å². The van der Waals surface area contributed by atoms with Gasteiger partial charge < -0.3 is 15.2 Å². The minimum atomic E-state index is -0.459. The first-order chi connectivity index (χ1) is 14.9. The van der Waals surface area contributed by atoms with Crippen LogP contribution in [0.4, 0.5) is 17.3 Å². The van der Waals surface area contributed by atoms with Gasteiger partial charge in [-0.3, -0.25) is 18.9 Å². The fourth-order valence-electron chi connectivity index (χ4n) is 3.39. The monoisotopic (exact) mass is 417 g/mol. The van der Waals surface area contributed by atoms with Gasteiger partial charge in [-0.15, -0.1) is 0 Å². The van der Waals surface area contributed by atoms with Crippen molar-refractivity contribution in [3.8, 4) is 0 Å². The Kier molecular flexibility index (Phi) is 5.16. The predicted octanol–water partition coefficient (Wildman–Crippen LogP) is 2.51. The van der Waals surface area contributed by atoms with Crippen LogP contribution < -0.4 is 21.9 Å². The van der Waals surface area contributed by atoms with Crippen LogP contribution in [-0.2, 0) is 20.6 Å². The molecule has 0 saturated heterocycles. The van der Waals surface area contributed by atoms with E-state index in [1.54, 1.807) is 43.2 Å². The molecule has 9 heteroatoms. The molecule has 3 aromatic heterocycles. The van der Waals surface area contributed by atoms with E-state index in [0.717, 1.165) is 21.5 Å². The van der Waals surface area contributed by atoms with Crippen LogP contribution in [0.15, 0.2) is 70.7 Å². The largest absolute Gasteiger partial charge is 0.358 e. The van der Waals surface area contributed by atoms with Crippen molar-refractivity contribution in [3.63, 3.8) is 0 Å². The van der Waals surface area contributed by atoms with Crippen molar-refractivity contribution in [2.75, 3.05) is 10.6 Å². The summed E-state index contributed by atoms with van der Waals surface area (Å²) in [6.07, 6.45) is 3.31. The second kappa shape index (κ2) is 7.94. The van der Waals surface area contributed by atoms with Crippen molar-refractivity contribution in [1.29, 1.82) is 0 Å². The van der Waals surface area contributed by atoms with Gasteiger partial charge in [0, 0.05) is 43.6 Å². The van der Waals surface area contributed by atoms with E-state index in [9.17, 15) is 9.59 Å². The first-order valence-electron chi connectivity index (χ1n) is 9.70. The maximum Gasteiger partial charge on any atom is 0.332 e. The minimum Gasteiger partial charge on any atom is -0.358 e. The molecule has 0 unspecified atom stereocenters. The Hall–Kier alpha value is -4.14. The van der Waals surface area contributed by atoms with Crippen LogP contribution in [0.3, 0.4) is 0 Å². The third kappa shape index (κ3) is 3.73. The lowest BCUT2D eigenvalue weighted by Gasteiger charge is -2.14. The summed E-state index contributed by atoms with van der Waals surface area (Å²) in [5, 5.41) is 6.34. The van der Waals surface area contributed by atoms with Crippen molar-refractivity contribution in [3.05, 3.63) is 87.5 Å². The van der Waals surface area contributed by atoms with E-state index < -0.39 is 11.2 Å². The molecule has 4 aromatic rings. The van der Waals surface area contributed by atoms with Gasteiger partial charge in [-0.05, 0) is 30.7 Å². The number of aryl methyl sites for hydroxylation is 3. The van der Waals surface area contributed by atoms with Gasteiger partial charge in [0.1, 0.15) is 0 Å². The van der Waals surface area contributed by atoms with Crippen LogP contribution in [0.25, 0.3) is 11.2 Å². The summed E-state index contributed by atoms with van der Waals surface area (Å²) < 4.78 is 4.18. The quantitative estimate of drug-likeness (QED) is 0.500. The number of hydrogen-bond acceptors (Lipinski definition) is 6. The molecule has 0 spiro atoms. The number of aromatic nitrogens is 5. The summed E-state index contributed by atoms with van der Waals surface area (Å²) in [7, 11) is 3.33. The van der Waals surface area contributed by atoms with Crippen molar-refractivity contribution in [2.24, 2.45) is 14.1 Å². The maximum absolute atomic E-state index is 13.2. The van der Waals surface area contributed by atoms with E-state index in [4.69, 9.17) is 0 Å². The van der Waals surface area contributed by atoms with Crippen molar-refractivity contribution in [2.45, 2.75) is 13.5 Å². The molecule has 0 atom stereocenters. The molecule has 0 aliphatic carbocycles. The molecular formula is C22H23N7O2. The zero-order valence-electron chi connectivity index (χ0n) is 17.6. The zero-order chi connectivity index (χ0) is 22.1. The minimum absolute atomic E-state index is 0.0358. The van der Waals surface area contributed by atoms with Crippen LogP contribution >= 0.6 is 0 Å². The zero-order valence-corrected chi connectivity index (χ0v) is 17.6. The summed E-state index contributed by atoms with van der Waals surface area (Å²) in [6.45, 7) is 6.01. The Morgan fingerprint density at radius 2 is 1.77 bits per heavy atom. The summed E-state index contributed by atoms with van der Waals surface area (Å²) in [5.41, 5.74) is 2.97. The van der Waals surface area contributed by atoms with Crippen LogP contribution in [0.2, 0.25) is 0 Å². The second-order valence-electron chi connectivity index (χ2n) is 7.30. The highest BCUT2D eigenvalue weighted by Crippen LogP contribution is 2.19. The van der Waals surface area contributed by atoms with Gasteiger partial charge in [0.2, 0.25) is 5.95 Å². The van der Waals surface area contributed by atoms with Gasteiger partial charge in [-0.25, -0.2) is 4.79 Å². The van der Waals surface area contributed by atoms with Gasteiger partial charge in [-0.2, -0.15) is 4.98 Å². The molecule has 0 aliphatic heterocycles. The topological polar surface area (TPSA) is 98.8 Å². The van der Waals surface area contributed by atoms with Crippen LogP contribution in [-0.4, -0.2) is 23.7 Å². The fourth-order valence-corrected chi connectivity index (χ4v) is 3.39. The number of fused-ring (bicyclic) bond motifs is 1. The fraction of sp³-hybridized carbons (Fsp3) is 0.182. The summed E-state index contributed by atoms with van der Waals surface area (Å²) in [5.74, 6) is 0.447. The highest BCUT2D eigenvalue weighted by molar-refractivity contribution is 5.75. The summed E-state index contributed by atoms with van der Waals surface area (Å²) in [4.78, 5) is 34.6. The first kappa shape index (κ1) is 20.1. The number of allylic oxidation sites excluding steroid dienone is 1. The number of nitrogens with one attached hydrogen (secondary N) is 2. The molecule has 9 nitrogen and oxygen atoms in total. The van der Waals surface area contributed by atoms with E-state index in [1.165, 1.54) is 4.57 Å². The van der Waals surface area contributed by atoms with Crippen molar-refractivity contribution < 1.29 is 0 Å². The smallest absolute Gasteiger partial charge is 0.332 e. The Labute approximate surface area is 178 Å². The third-order valence-electron chi connectivity index (χ3n) is 5.10. The van der Waals surface area contributed by atoms with Crippen molar-refractivity contribution >= 4 is 28.5 Å². The molecular weight excluding hydrogens is 394 g/mol. The van der Waals surface area contributed by atoms with E-state index >= 15 is 0 Å². The lowest BCUT2D eigenvalue weighted by atomic mass is 10.2. The third-order valence-corrected chi connectivity index (χ3v) is 5.10. The highest BCUT2D eigenvalue weighted by atomic mass is 16.2. The average molecular weight is 417 g/mol. The van der Waals surface area contributed by atoms with E-state index in [-0.39, 0.29) is 6.54 Å². The number of nitrogens with zero attached hydrogens (tertiary/aromatic N) is 5. The number of anilines is 3. The molecule has 158 valence electrons. The number of imidazole rings is 1. The average Bonchev–Trinajstić information content (AvgIpc) is 3.08. The number of rotatable bonds is 6. The Bertz CT molecular complexity index is 1400. The Morgan fingerprint density at radius 3 is 2.48 bits per heavy atom. The van der Waals surface area contributed by atoms with E-state index in [2.05, 4.69) is 27.2 Å². The molecule has 4 rings (SSSR count). The molecule has 0 aliphatic rings. The number of para-hydroxylation sites is 1. The molecule has 31 heavy (non-hydrogen) atoms. The van der Waals surface area contributed by atoms with Crippen LogP contribution in [0.1, 0.15) is 5.56 Å². The lowest BCUT2D eigenvalue weighted by molar-refractivity contribution is 0.651. The predicted molar refractivity (Wildman–Crippen MR) is 122 cm³/mol. The summed E-state index contributed by atoms with van der Waals surface area (Å²) in [6, 6.07) is 11.3. The molecule has 1 aromatic carbocycles. The van der Waals surface area contributed by atoms with Gasteiger partial charge in [0.15, 0.2) is 11.2 Å². The molecule has 0 radical (unpaired) electrons. The first-order valence-corrected chi connectivity index (χ1v) is 9.70. The maximum atomic E-state index is 13.2. The van der Waals surface area contributed by atoms with Crippen LogP contribution in [0, 0.1) is 6.92 Å². The lowest BCUT2D eigenvalue weighted by Crippen LogP contribution is -2.40. The van der Waals surface area contributed by atoms with Crippen molar-refractivity contribution in [1.82, 2.24) is 23.7 Å². The number of benzene rings is 1. The molecule has 0 amide bonds. The van der Waals surface area contributed by atoms with Gasteiger partial charge in [0.05, 0.1) is 6.54 Å². The molecule has 0 fully saturated rings. The number of pyridine rings is 1. The molecule has 0 saturated carbocycles. The normalized spacial score (nSPS) is 10.9. The Morgan fingerprint density at radius 1 is 1.06 bits per heavy atom. The Balaban J connectivity index is 1.72. The van der Waals surface area contributed by atoms with Gasteiger partial charge in [0.25, 0.3) is 5.56 Å². The highest BCUT2D eigenvalue weighted by Gasteiger charge is 2.19. The summed E-state index contributed by atoms with van der Waals surface area (Å²) >= 11 is 0. The molecule has 2 N–H and O–H groups in total. The number of hydrogen-bond donors (Lipinski definition) is 2. The second-order valence-corrected chi connectivity index (χ2v) is 7.30.